The molecule has 0 saturated carbocycles. The number of likely N-dealkylation sites (N-methyl/N-ethyl adjacent to an activating group) is 1. The fraction of sp³-hybridized carbons (Fsp3) is 1.00. The van der Waals surface area contributed by atoms with Crippen molar-refractivity contribution in [1.82, 2.24) is 10.2 Å². The second kappa shape index (κ2) is 7.24. The van der Waals surface area contributed by atoms with Gasteiger partial charge in [-0.05, 0) is 47.2 Å². The number of nitrogens with one attached hydrogen (secondary N) is 1. The lowest BCUT2D eigenvalue weighted by atomic mass is 9.98. The molecule has 0 aliphatic heterocycles. The van der Waals surface area contributed by atoms with Gasteiger partial charge in [0, 0.05) is 18.1 Å². The molecule has 2 heteroatoms. The SMILES string of the molecule is CCCCNCC(C)N(C)C(C)(C)CC. The first-order chi connectivity index (χ1) is 6.95. The Kier molecular flexibility index (Phi) is 7.20. The molecule has 0 aliphatic rings. The largest absolute Gasteiger partial charge is 0.315 e. The highest BCUT2D eigenvalue weighted by Crippen LogP contribution is 2.18. The summed E-state index contributed by atoms with van der Waals surface area (Å²) in [6.45, 7) is 13.7. The minimum Gasteiger partial charge on any atom is -0.315 e. The van der Waals surface area contributed by atoms with Crippen molar-refractivity contribution in [2.75, 3.05) is 20.1 Å². The third-order valence-electron chi connectivity index (χ3n) is 3.63. The zero-order valence-corrected chi connectivity index (χ0v) is 11.6. The van der Waals surface area contributed by atoms with Crippen molar-refractivity contribution in [3.8, 4) is 0 Å². The molecule has 2 nitrogen and oxygen atoms in total. The van der Waals surface area contributed by atoms with Gasteiger partial charge in [0.15, 0.2) is 0 Å². The van der Waals surface area contributed by atoms with Gasteiger partial charge in [0.05, 0.1) is 0 Å². The summed E-state index contributed by atoms with van der Waals surface area (Å²) in [7, 11) is 2.23. The molecule has 1 atom stereocenters. The van der Waals surface area contributed by atoms with E-state index in [2.05, 4.69) is 51.9 Å². The summed E-state index contributed by atoms with van der Waals surface area (Å²) in [5.74, 6) is 0. The Bertz CT molecular complexity index is 155. The summed E-state index contributed by atoms with van der Waals surface area (Å²) in [5.41, 5.74) is 0.311. The minimum absolute atomic E-state index is 0.311. The zero-order valence-electron chi connectivity index (χ0n) is 11.6. The standard InChI is InChI=1S/C13H30N2/c1-7-9-10-14-11-12(3)15(6)13(4,5)8-2/h12,14H,7-11H2,1-6H3. The second-order valence-corrected chi connectivity index (χ2v) is 5.18. The number of hydrogen-bond donors (Lipinski definition) is 1. The molecule has 0 heterocycles. The lowest BCUT2D eigenvalue weighted by molar-refractivity contribution is 0.105. The van der Waals surface area contributed by atoms with E-state index in [1.54, 1.807) is 0 Å². The lowest BCUT2D eigenvalue weighted by Crippen LogP contribution is -2.49. The third-order valence-corrected chi connectivity index (χ3v) is 3.63. The highest BCUT2D eigenvalue weighted by Gasteiger charge is 2.24. The molecule has 0 rings (SSSR count). The van der Waals surface area contributed by atoms with Crippen LogP contribution in [-0.4, -0.2) is 36.6 Å². The predicted octanol–water partition coefficient (Wildman–Crippen LogP) is 2.89. The van der Waals surface area contributed by atoms with Gasteiger partial charge < -0.3 is 5.32 Å². The van der Waals surface area contributed by atoms with Crippen LogP contribution in [0, 0.1) is 0 Å². The van der Waals surface area contributed by atoms with Gasteiger partial charge in [-0.2, -0.15) is 0 Å². The molecule has 1 N–H and O–H groups in total. The summed E-state index contributed by atoms with van der Waals surface area (Å²) >= 11 is 0. The summed E-state index contributed by atoms with van der Waals surface area (Å²) in [4.78, 5) is 2.48. The van der Waals surface area contributed by atoms with Crippen LogP contribution in [-0.2, 0) is 0 Å². The van der Waals surface area contributed by atoms with Crippen molar-refractivity contribution in [3.05, 3.63) is 0 Å². The molecule has 0 bridgehead atoms. The summed E-state index contributed by atoms with van der Waals surface area (Å²) in [5, 5.41) is 3.52. The van der Waals surface area contributed by atoms with E-state index in [0.29, 0.717) is 11.6 Å². The van der Waals surface area contributed by atoms with Crippen LogP contribution in [0.5, 0.6) is 0 Å². The average Bonchev–Trinajstić information content (AvgIpc) is 2.23. The van der Waals surface area contributed by atoms with Gasteiger partial charge in [-0.1, -0.05) is 20.3 Å². The molecular formula is C13H30N2. The van der Waals surface area contributed by atoms with Gasteiger partial charge in [0.2, 0.25) is 0 Å². The molecule has 15 heavy (non-hydrogen) atoms. The Morgan fingerprint density at radius 3 is 2.33 bits per heavy atom. The van der Waals surface area contributed by atoms with Crippen molar-refractivity contribution in [2.24, 2.45) is 0 Å². The van der Waals surface area contributed by atoms with Crippen LogP contribution in [0.4, 0.5) is 0 Å². The normalized spacial score (nSPS) is 14.6. The third kappa shape index (κ3) is 5.53. The van der Waals surface area contributed by atoms with Gasteiger partial charge in [-0.15, -0.1) is 0 Å². The van der Waals surface area contributed by atoms with E-state index >= 15 is 0 Å². The van der Waals surface area contributed by atoms with Crippen LogP contribution >= 0.6 is 0 Å². The maximum atomic E-state index is 3.52. The first-order valence-corrected chi connectivity index (χ1v) is 6.39. The van der Waals surface area contributed by atoms with Crippen LogP contribution in [0.1, 0.15) is 53.9 Å². The van der Waals surface area contributed by atoms with Crippen LogP contribution < -0.4 is 5.32 Å². The van der Waals surface area contributed by atoms with Gasteiger partial charge in [0.1, 0.15) is 0 Å². The Morgan fingerprint density at radius 1 is 1.27 bits per heavy atom. The lowest BCUT2D eigenvalue weighted by Gasteiger charge is -2.39. The zero-order chi connectivity index (χ0) is 11.9. The summed E-state index contributed by atoms with van der Waals surface area (Å²) in [6, 6.07) is 0.608. The quantitative estimate of drug-likeness (QED) is 0.625. The predicted molar refractivity (Wildman–Crippen MR) is 69.4 cm³/mol. The fourth-order valence-electron chi connectivity index (χ4n) is 1.60. The molecule has 0 spiro atoms. The molecule has 0 saturated heterocycles. The Balaban J connectivity index is 3.83. The topological polar surface area (TPSA) is 15.3 Å². The van der Waals surface area contributed by atoms with Gasteiger partial charge in [-0.3, -0.25) is 4.90 Å². The molecular weight excluding hydrogens is 184 g/mol. The highest BCUT2D eigenvalue weighted by atomic mass is 15.2. The van der Waals surface area contributed by atoms with E-state index < -0.39 is 0 Å². The maximum Gasteiger partial charge on any atom is 0.0194 e. The number of unbranched alkanes of at least 4 members (excludes halogenated alkanes) is 1. The Hall–Kier alpha value is -0.0800. The van der Waals surface area contributed by atoms with Crippen LogP contribution in [0.3, 0.4) is 0 Å². The van der Waals surface area contributed by atoms with E-state index in [4.69, 9.17) is 0 Å². The van der Waals surface area contributed by atoms with E-state index in [0.717, 1.165) is 13.1 Å². The molecule has 0 aromatic heterocycles. The van der Waals surface area contributed by atoms with Gasteiger partial charge in [-0.25, -0.2) is 0 Å². The van der Waals surface area contributed by atoms with Crippen molar-refractivity contribution < 1.29 is 0 Å². The van der Waals surface area contributed by atoms with E-state index in [-0.39, 0.29) is 0 Å². The molecule has 1 unspecified atom stereocenters. The molecule has 0 fully saturated rings. The molecule has 92 valence electrons. The van der Waals surface area contributed by atoms with Crippen molar-refractivity contribution in [2.45, 2.75) is 65.5 Å². The maximum absolute atomic E-state index is 3.52. The molecule has 0 aliphatic carbocycles. The Labute approximate surface area is 96.4 Å². The van der Waals surface area contributed by atoms with Crippen molar-refractivity contribution >= 4 is 0 Å². The van der Waals surface area contributed by atoms with E-state index in [9.17, 15) is 0 Å². The van der Waals surface area contributed by atoms with E-state index in [1.807, 2.05) is 0 Å². The number of rotatable bonds is 8. The van der Waals surface area contributed by atoms with Gasteiger partial charge >= 0.3 is 0 Å². The molecule has 0 aromatic carbocycles. The monoisotopic (exact) mass is 214 g/mol. The summed E-state index contributed by atoms with van der Waals surface area (Å²) < 4.78 is 0. The van der Waals surface area contributed by atoms with Crippen LogP contribution in [0.15, 0.2) is 0 Å². The highest BCUT2D eigenvalue weighted by molar-refractivity contribution is 4.82. The average molecular weight is 214 g/mol. The van der Waals surface area contributed by atoms with Crippen molar-refractivity contribution in [3.63, 3.8) is 0 Å². The van der Waals surface area contributed by atoms with Crippen LogP contribution in [0.25, 0.3) is 0 Å². The van der Waals surface area contributed by atoms with Crippen LogP contribution in [0.2, 0.25) is 0 Å². The Morgan fingerprint density at radius 2 is 1.87 bits per heavy atom. The first-order valence-electron chi connectivity index (χ1n) is 6.39. The summed E-state index contributed by atoms with van der Waals surface area (Å²) in [6.07, 6.45) is 3.76. The fourth-order valence-corrected chi connectivity index (χ4v) is 1.60. The number of nitrogens with zero attached hydrogens (tertiary/aromatic N) is 1. The minimum atomic E-state index is 0.311. The molecule has 0 amide bonds. The number of hydrogen-bond acceptors (Lipinski definition) is 2. The second-order valence-electron chi connectivity index (χ2n) is 5.18. The van der Waals surface area contributed by atoms with Gasteiger partial charge in [0.25, 0.3) is 0 Å². The molecule has 0 aromatic rings. The van der Waals surface area contributed by atoms with E-state index in [1.165, 1.54) is 19.3 Å². The smallest absolute Gasteiger partial charge is 0.0194 e. The van der Waals surface area contributed by atoms with Crippen molar-refractivity contribution in [1.29, 1.82) is 0 Å². The molecule has 0 radical (unpaired) electrons. The first kappa shape index (κ1) is 14.9.